The van der Waals surface area contributed by atoms with Crippen LogP contribution in [0.4, 0.5) is 0 Å². The smallest absolute Gasteiger partial charge is 0.264 e. The molecule has 1 aliphatic heterocycles. The molecule has 2 N–H and O–H groups in total. The van der Waals surface area contributed by atoms with Crippen LogP contribution in [-0.4, -0.2) is 35.9 Å². The van der Waals surface area contributed by atoms with E-state index in [9.17, 15) is 9.90 Å². The molecule has 0 fully saturated rings. The Labute approximate surface area is 140 Å². The Morgan fingerprint density at radius 1 is 1.08 bits per heavy atom. The maximum absolute atomic E-state index is 12.4. The molecule has 1 aliphatic carbocycles. The minimum atomic E-state index is -0.938. The summed E-state index contributed by atoms with van der Waals surface area (Å²) in [4.78, 5) is 12.4. The average molecular weight is 325 g/mol. The summed E-state index contributed by atoms with van der Waals surface area (Å²) >= 11 is 0. The standard InChI is InChI=1S/C19H19NO4/c21-18(17-11-23-15-7-3-4-8-16(15)24-17)20-12-19(22)9-13-5-1-2-6-14(13)10-19/h1-8,17,22H,9-12H2,(H,20,21). The lowest BCUT2D eigenvalue weighted by atomic mass is 10.0. The molecule has 0 spiro atoms. The van der Waals surface area contributed by atoms with Gasteiger partial charge < -0.3 is 19.9 Å². The number of benzene rings is 2. The predicted octanol–water partition coefficient (Wildman–Crippen LogP) is 1.47. The number of carbonyl (C=O) groups is 1. The lowest BCUT2D eigenvalue weighted by Crippen LogP contribution is -2.50. The van der Waals surface area contributed by atoms with Crippen LogP contribution in [0.2, 0.25) is 0 Å². The summed E-state index contributed by atoms with van der Waals surface area (Å²) in [6.07, 6.45) is 0.398. The minimum absolute atomic E-state index is 0.168. The first-order valence-corrected chi connectivity index (χ1v) is 8.08. The van der Waals surface area contributed by atoms with Crippen molar-refractivity contribution in [3.05, 3.63) is 59.7 Å². The molecule has 1 unspecified atom stereocenters. The third-order valence-electron chi connectivity index (χ3n) is 4.55. The van der Waals surface area contributed by atoms with E-state index in [0.717, 1.165) is 11.1 Å². The van der Waals surface area contributed by atoms with E-state index >= 15 is 0 Å². The third-order valence-corrected chi connectivity index (χ3v) is 4.55. The van der Waals surface area contributed by atoms with Crippen molar-refractivity contribution in [1.29, 1.82) is 0 Å². The van der Waals surface area contributed by atoms with Crippen molar-refractivity contribution in [3.63, 3.8) is 0 Å². The molecule has 1 amide bonds. The molecule has 5 heteroatoms. The number of carbonyl (C=O) groups excluding carboxylic acids is 1. The molecule has 2 aromatic carbocycles. The number of para-hydroxylation sites is 2. The molecule has 5 nitrogen and oxygen atoms in total. The van der Waals surface area contributed by atoms with Crippen LogP contribution in [0.15, 0.2) is 48.5 Å². The highest BCUT2D eigenvalue weighted by molar-refractivity contribution is 5.81. The largest absolute Gasteiger partial charge is 0.485 e. The fraction of sp³-hybridized carbons (Fsp3) is 0.316. The Morgan fingerprint density at radius 3 is 2.42 bits per heavy atom. The Kier molecular flexibility index (Phi) is 3.65. The summed E-state index contributed by atoms with van der Waals surface area (Å²) in [7, 11) is 0. The maximum atomic E-state index is 12.4. The highest BCUT2D eigenvalue weighted by atomic mass is 16.6. The molecule has 1 heterocycles. The van der Waals surface area contributed by atoms with Gasteiger partial charge in [-0.15, -0.1) is 0 Å². The minimum Gasteiger partial charge on any atom is -0.485 e. The molecule has 0 aromatic heterocycles. The summed E-state index contributed by atoms with van der Waals surface area (Å²) in [5, 5.41) is 13.5. The second kappa shape index (κ2) is 5.83. The van der Waals surface area contributed by atoms with Gasteiger partial charge in [-0.1, -0.05) is 36.4 Å². The summed E-state index contributed by atoms with van der Waals surface area (Å²) in [5.74, 6) is 0.941. The van der Waals surface area contributed by atoms with Gasteiger partial charge in [0.25, 0.3) is 5.91 Å². The van der Waals surface area contributed by atoms with E-state index in [0.29, 0.717) is 24.3 Å². The van der Waals surface area contributed by atoms with Gasteiger partial charge in [0.05, 0.1) is 5.60 Å². The zero-order valence-electron chi connectivity index (χ0n) is 13.2. The number of ether oxygens (including phenoxy) is 2. The number of aliphatic hydroxyl groups is 1. The summed E-state index contributed by atoms with van der Waals surface area (Å²) in [6, 6.07) is 15.2. The monoisotopic (exact) mass is 325 g/mol. The Hall–Kier alpha value is -2.53. The van der Waals surface area contributed by atoms with Gasteiger partial charge in [0.15, 0.2) is 11.5 Å². The molecular weight excluding hydrogens is 306 g/mol. The zero-order chi connectivity index (χ0) is 16.6. The highest BCUT2D eigenvalue weighted by Crippen LogP contribution is 2.31. The molecular formula is C19H19NO4. The van der Waals surface area contributed by atoms with Gasteiger partial charge >= 0.3 is 0 Å². The number of fused-ring (bicyclic) bond motifs is 2. The first-order valence-electron chi connectivity index (χ1n) is 8.08. The molecule has 0 radical (unpaired) electrons. The molecule has 24 heavy (non-hydrogen) atoms. The van der Waals surface area contributed by atoms with E-state index in [1.807, 2.05) is 42.5 Å². The van der Waals surface area contributed by atoms with Crippen molar-refractivity contribution in [2.45, 2.75) is 24.5 Å². The van der Waals surface area contributed by atoms with Gasteiger partial charge in [-0.25, -0.2) is 0 Å². The van der Waals surface area contributed by atoms with Gasteiger partial charge in [-0.2, -0.15) is 0 Å². The third kappa shape index (κ3) is 2.83. The molecule has 1 atom stereocenters. The normalized spacial score (nSPS) is 20.3. The van der Waals surface area contributed by atoms with Crippen LogP contribution < -0.4 is 14.8 Å². The fourth-order valence-corrected chi connectivity index (χ4v) is 3.31. The maximum Gasteiger partial charge on any atom is 0.264 e. The zero-order valence-corrected chi connectivity index (χ0v) is 13.2. The summed E-state index contributed by atoms with van der Waals surface area (Å²) in [5.41, 5.74) is 1.34. The van der Waals surface area contributed by atoms with Crippen LogP contribution in [0, 0.1) is 0 Å². The lowest BCUT2D eigenvalue weighted by molar-refractivity contribution is -0.131. The number of nitrogens with one attached hydrogen (secondary N) is 1. The van der Waals surface area contributed by atoms with E-state index in [1.165, 1.54) is 0 Å². The Bertz CT molecular complexity index is 748. The topological polar surface area (TPSA) is 67.8 Å². The van der Waals surface area contributed by atoms with E-state index in [4.69, 9.17) is 9.47 Å². The Balaban J connectivity index is 1.36. The van der Waals surface area contributed by atoms with E-state index in [2.05, 4.69) is 5.32 Å². The van der Waals surface area contributed by atoms with Crippen molar-refractivity contribution in [2.24, 2.45) is 0 Å². The molecule has 4 rings (SSSR count). The summed E-state index contributed by atoms with van der Waals surface area (Å²) < 4.78 is 11.2. The fourth-order valence-electron chi connectivity index (χ4n) is 3.31. The molecule has 2 aromatic rings. The van der Waals surface area contributed by atoms with Crippen molar-refractivity contribution in [3.8, 4) is 11.5 Å². The van der Waals surface area contributed by atoms with Crippen molar-refractivity contribution >= 4 is 5.91 Å². The van der Waals surface area contributed by atoms with Crippen LogP contribution in [0.5, 0.6) is 11.5 Å². The predicted molar refractivity (Wildman–Crippen MR) is 88.2 cm³/mol. The van der Waals surface area contributed by atoms with Gasteiger partial charge in [-0.3, -0.25) is 4.79 Å². The van der Waals surface area contributed by atoms with Crippen LogP contribution in [0.25, 0.3) is 0 Å². The number of hydrogen-bond donors (Lipinski definition) is 2. The van der Waals surface area contributed by atoms with E-state index in [-0.39, 0.29) is 19.1 Å². The number of hydrogen-bond acceptors (Lipinski definition) is 4. The molecule has 124 valence electrons. The highest BCUT2D eigenvalue weighted by Gasteiger charge is 2.36. The first-order chi connectivity index (χ1) is 11.6. The van der Waals surface area contributed by atoms with Crippen LogP contribution in [-0.2, 0) is 17.6 Å². The Morgan fingerprint density at radius 2 is 1.71 bits per heavy atom. The number of amides is 1. The molecule has 0 saturated carbocycles. The van der Waals surface area contributed by atoms with E-state index < -0.39 is 11.7 Å². The van der Waals surface area contributed by atoms with E-state index in [1.54, 1.807) is 6.07 Å². The van der Waals surface area contributed by atoms with Crippen LogP contribution >= 0.6 is 0 Å². The SMILES string of the molecule is O=C(NCC1(O)Cc2ccccc2C1)C1COc2ccccc2O1. The van der Waals surface area contributed by atoms with Gasteiger partial charge in [0, 0.05) is 19.4 Å². The molecule has 0 saturated heterocycles. The molecule has 0 bridgehead atoms. The summed E-state index contributed by atoms with van der Waals surface area (Å²) in [6.45, 7) is 0.365. The lowest BCUT2D eigenvalue weighted by Gasteiger charge is -2.28. The second-order valence-electron chi connectivity index (χ2n) is 6.43. The first kappa shape index (κ1) is 15.0. The number of rotatable bonds is 3. The average Bonchev–Trinajstić information content (AvgIpc) is 2.96. The second-order valence-corrected chi connectivity index (χ2v) is 6.43. The van der Waals surface area contributed by atoms with Gasteiger partial charge in [-0.05, 0) is 23.3 Å². The van der Waals surface area contributed by atoms with Crippen LogP contribution in [0.1, 0.15) is 11.1 Å². The van der Waals surface area contributed by atoms with Gasteiger partial charge in [0.2, 0.25) is 6.10 Å². The van der Waals surface area contributed by atoms with Crippen molar-refractivity contribution in [1.82, 2.24) is 5.32 Å². The molecule has 2 aliphatic rings. The van der Waals surface area contributed by atoms with Gasteiger partial charge in [0.1, 0.15) is 6.61 Å². The van der Waals surface area contributed by atoms with Crippen molar-refractivity contribution < 1.29 is 19.4 Å². The van der Waals surface area contributed by atoms with Crippen molar-refractivity contribution in [2.75, 3.05) is 13.2 Å². The quantitative estimate of drug-likeness (QED) is 0.897. The van der Waals surface area contributed by atoms with Crippen LogP contribution in [0.3, 0.4) is 0 Å².